The number of thiol groups is 1. The molecule has 0 bridgehead atoms. The molecule has 2 N–H and O–H groups in total. The van der Waals surface area contributed by atoms with Crippen molar-refractivity contribution in [2.75, 3.05) is 19.4 Å². The number of carbonyl (C=O) groups is 1. The molecule has 1 aliphatic carbocycles. The number of amides is 1. The lowest BCUT2D eigenvalue weighted by Gasteiger charge is -2.38. The van der Waals surface area contributed by atoms with Gasteiger partial charge in [0.05, 0.1) is 6.61 Å². The highest BCUT2D eigenvalue weighted by Crippen LogP contribution is 2.41. The minimum Gasteiger partial charge on any atom is -0.392 e. The van der Waals surface area contributed by atoms with E-state index in [1.165, 1.54) is 6.08 Å². The second-order valence-electron chi connectivity index (χ2n) is 5.81. The fourth-order valence-corrected chi connectivity index (χ4v) is 2.92. The number of hydrogen-bond donors (Lipinski definition) is 3. The molecular weight excluding hydrogens is 462 g/mol. The number of carbonyl (C=O) groups excluding carboxylic acids is 1. The van der Waals surface area contributed by atoms with E-state index in [0.29, 0.717) is 12.1 Å². The van der Waals surface area contributed by atoms with Gasteiger partial charge in [0.2, 0.25) is 0 Å². The van der Waals surface area contributed by atoms with Crippen molar-refractivity contribution in [2.45, 2.75) is 88.5 Å². The minimum absolute atomic E-state index is 0.0831. The van der Waals surface area contributed by atoms with E-state index < -0.39 is 0 Å². The van der Waals surface area contributed by atoms with E-state index in [2.05, 4.69) is 50.3 Å². The number of nitrogens with one attached hydrogen (secondary N) is 1. The molecule has 1 rings (SSSR count). The SMILES string of the molecule is C=C/C=C(\C=C)C(=O)NCC1(/C(C=C)=C/C=C)CC=C(CO)CC1.CC.CC.CC.CC.CC.CS. The highest BCUT2D eigenvalue weighted by atomic mass is 32.1. The summed E-state index contributed by atoms with van der Waals surface area (Å²) in [5.74, 6) is -0.178. The van der Waals surface area contributed by atoms with Crippen LogP contribution in [0.2, 0.25) is 0 Å². The second kappa shape index (κ2) is 40.1. The van der Waals surface area contributed by atoms with Crippen molar-refractivity contribution in [1.82, 2.24) is 5.32 Å². The van der Waals surface area contributed by atoms with E-state index in [0.717, 1.165) is 30.4 Å². The van der Waals surface area contributed by atoms with Gasteiger partial charge in [-0.1, -0.05) is 138 Å². The standard InChI is InChI=1S/C21H27NO2.5C2H6.CH4S/c1-5-9-18(7-3)20(24)22-16-21(19(8-4)10-6-2)13-11-17(15-23)12-14-21;6*1-2/h5-11,23H,1-4,12-16H2,(H,22,24);5*1-2H3;2H,1H3/b18-9+,19-10+;;;;;;. The molecule has 0 aliphatic heterocycles. The molecule has 0 saturated carbocycles. The van der Waals surface area contributed by atoms with E-state index in [-0.39, 0.29) is 17.9 Å². The van der Waals surface area contributed by atoms with Crippen LogP contribution < -0.4 is 5.32 Å². The van der Waals surface area contributed by atoms with E-state index in [9.17, 15) is 9.90 Å². The molecule has 0 radical (unpaired) electrons. The Morgan fingerprint density at radius 3 is 1.69 bits per heavy atom. The molecule has 3 nitrogen and oxygen atoms in total. The van der Waals surface area contributed by atoms with Crippen molar-refractivity contribution in [2.24, 2.45) is 5.41 Å². The van der Waals surface area contributed by atoms with Gasteiger partial charge in [0.15, 0.2) is 0 Å². The molecule has 36 heavy (non-hydrogen) atoms. The fraction of sp³-hybridized carbons (Fsp3) is 0.531. The van der Waals surface area contributed by atoms with Gasteiger partial charge in [-0.15, -0.1) is 0 Å². The molecule has 1 unspecified atom stereocenters. The molecule has 0 fully saturated rings. The van der Waals surface area contributed by atoms with Crippen LogP contribution in [0.15, 0.2) is 85.6 Å². The van der Waals surface area contributed by atoms with Crippen molar-refractivity contribution in [1.29, 1.82) is 0 Å². The van der Waals surface area contributed by atoms with Crippen LogP contribution in [0.1, 0.15) is 88.5 Å². The Kier molecular flexibility index (Phi) is 52.6. The van der Waals surface area contributed by atoms with Gasteiger partial charge in [-0.05, 0) is 36.7 Å². The smallest absolute Gasteiger partial charge is 0.251 e. The first-order valence-corrected chi connectivity index (χ1v) is 14.4. The largest absolute Gasteiger partial charge is 0.392 e. The Balaban J connectivity index is -0.000000163. The monoisotopic (exact) mass is 523 g/mol. The lowest BCUT2D eigenvalue weighted by Crippen LogP contribution is -2.40. The maximum atomic E-state index is 12.3. The van der Waals surface area contributed by atoms with Crippen molar-refractivity contribution in [3.63, 3.8) is 0 Å². The third kappa shape index (κ3) is 21.3. The van der Waals surface area contributed by atoms with Crippen LogP contribution in [0.25, 0.3) is 0 Å². The van der Waals surface area contributed by atoms with Crippen LogP contribution >= 0.6 is 12.6 Å². The van der Waals surface area contributed by atoms with E-state index in [1.54, 1.807) is 24.5 Å². The molecule has 1 amide bonds. The zero-order valence-electron chi connectivity index (χ0n) is 25.7. The summed E-state index contributed by atoms with van der Waals surface area (Å²) in [7, 11) is 0. The van der Waals surface area contributed by atoms with E-state index >= 15 is 0 Å². The van der Waals surface area contributed by atoms with E-state index in [1.807, 2.05) is 81.4 Å². The summed E-state index contributed by atoms with van der Waals surface area (Å²) in [5.41, 5.74) is 2.32. The number of aliphatic hydroxyl groups excluding tert-OH is 1. The molecule has 0 aromatic heterocycles. The summed E-state index contributed by atoms with van der Waals surface area (Å²) in [5, 5.41) is 12.3. The third-order valence-corrected chi connectivity index (χ3v) is 4.41. The quantitative estimate of drug-likeness (QED) is 0.122. The first-order valence-electron chi connectivity index (χ1n) is 13.5. The Hall–Kier alpha value is -2.04. The van der Waals surface area contributed by atoms with Crippen LogP contribution in [-0.4, -0.2) is 30.4 Å². The summed E-state index contributed by atoms with van der Waals surface area (Å²) in [4.78, 5) is 12.3. The Morgan fingerprint density at radius 1 is 0.917 bits per heavy atom. The van der Waals surface area contributed by atoms with Crippen molar-refractivity contribution >= 4 is 18.5 Å². The zero-order valence-corrected chi connectivity index (χ0v) is 26.6. The van der Waals surface area contributed by atoms with E-state index in [4.69, 9.17) is 0 Å². The summed E-state index contributed by atoms with van der Waals surface area (Å²) in [6, 6.07) is 0. The van der Waals surface area contributed by atoms with Gasteiger partial charge in [0, 0.05) is 17.5 Å². The van der Waals surface area contributed by atoms with Gasteiger partial charge in [-0.2, -0.15) is 12.6 Å². The molecule has 1 aliphatic rings. The van der Waals surface area contributed by atoms with Gasteiger partial charge in [-0.25, -0.2) is 0 Å². The van der Waals surface area contributed by atoms with Crippen LogP contribution in [0, 0.1) is 5.41 Å². The number of hydrogen-bond acceptors (Lipinski definition) is 3. The van der Waals surface area contributed by atoms with Gasteiger partial charge in [-0.3, -0.25) is 4.79 Å². The first-order chi connectivity index (χ1) is 17.6. The predicted molar refractivity (Wildman–Crippen MR) is 173 cm³/mol. The molecule has 4 heteroatoms. The summed E-state index contributed by atoms with van der Waals surface area (Å²) in [6.45, 7) is 35.5. The predicted octanol–water partition coefficient (Wildman–Crippen LogP) is 9.47. The van der Waals surface area contributed by atoms with Crippen LogP contribution in [0.5, 0.6) is 0 Å². The summed E-state index contributed by atoms with van der Waals surface area (Å²) in [6.07, 6.45) is 16.3. The van der Waals surface area contributed by atoms with Crippen LogP contribution in [0.3, 0.4) is 0 Å². The lowest BCUT2D eigenvalue weighted by atomic mass is 9.69. The molecular formula is C32H61NO2S. The average molecular weight is 524 g/mol. The molecule has 1 atom stereocenters. The van der Waals surface area contributed by atoms with Gasteiger partial charge >= 0.3 is 0 Å². The zero-order chi connectivity index (χ0) is 30.0. The third-order valence-electron chi connectivity index (χ3n) is 4.41. The molecule has 0 aromatic rings. The van der Waals surface area contributed by atoms with Gasteiger partial charge in [0.25, 0.3) is 5.91 Å². The number of rotatable bonds is 9. The van der Waals surface area contributed by atoms with Gasteiger partial charge in [0.1, 0.15) is 0 Å². The fourth-order valence-electron chi connectivity index (χ4n) is 2.92. The molecule has 0 heterocycles. The normalized spacial score (nSPS) is 15.3. The van der Waals surface area contributed by atoms with Gasteiger partial charge < -0.3 is 10.4 Å². The van der Waals surface area contributed by atoms with Crippen LogP contribution in [-0.2, 0) is 4.79 Å². The maximum Gasteiger partial charge on any atom is 0.251 e. The Morgan fingerprint density at radius 2 is 1.39 bits per heavy atom. The highest BCUT2D eigenvalue weighted by Gasteiger charge is 2.34. The number of allylic oxidation sites excluding steroid dienone is 6. The number of aliphatic hydroxyl groups is 1. The van der Waals surface area contributed by atoms with Crippen molar-refractivity contribution < 1.29 is 9.90 Å². The summed E-state index contributed by atoms with van der Waals surface area (Å²) >= 11 is 3.53. The second-order valence-corrected chi connectivity index (χ2v) is 5.81. The molecule has 212 valence electrons. The lowest BCUT2D eigenvalue weighted by molar-refractivity contribution is -0.117. The van der Waals surface area contributed by atoms with Crippen LogP contribution in [0.4, 0.5) is 0 Å². The van der Waals surface area contributed by atoms with Crippen molar-refractivity contribution in [3.8, 4) is 0 Å². The Labute approximate surface area is 232 Å². The topological polar surface area (TPSA) is 49.3 Å². The summed E-state index contributed by atoms with van der Waals surface area (Å²) < 4.78 is 0. The maximum absolute atomic E-state index is 12.3. The average Bonchev–Trinajstić information content (AvgIpc) is 2.99. The minimum atomic E-state index is -0.245. The molecule has 0 saturated heterocycles. The first kappa shape index (κ1) is 47.2. The molecule has 0 aromatic carbocycles. The Bertz CT molecular complexity index is 616. The van der Waals surface area contributed by atoms with Crippen molar-refractivity contribution in [3.05, 3.63) is 85.6 Å². The molecule has 0 spiro atoms. The highest BCUT2D eigenvalue weighted by molar-refractivity contribution is 7.79.